The average molecular weight is 259 g/mol. The first-order chi connectivity index (χ1) is 9.15. The van der Waals surface area contributed by atoms with Crippen molar-refractivity contribution in [1.82, 2.24) is 0 Å². The van der Waals surface area contributed by atoms with Crippen LogP contribution in [0.1, 0.15) is 32.3 Å². The van der Waals surface area contributed by atoms with E-state index in [1.165, 1.54) is 6.07 Å². The second-order valence-electron chi connectivity index (χ2n) is 4.92. The summed E-state index contributed by atoms with van der Waals surface area (Å²) >= 11 is 0. The molecule has 0 radical (unpaired) electrons. The van der Waals surface area contributed by atoms with Crippen LogP contribution < -0.4 is 10.5 Å². The van der Waals surface area contributed by atoms with E-state index in [1.807, 2.05) is 19.1 Å². The Morgan fingerprint density at radius 3 is 2.42 bits per heavy atom. The molecule has 0 aliphatic carbocycles. The molecule has 1 aromatic heterocycles. The van der Waals surface area contributed by atoms with Gasteiger partial charge in [-0.15, -0.1) is 0 Å². The molecule has 2 aromatic rings. The zero-order valence-electron chi connectivity index (χ0n) is 11.9. The first-order valence-corrected chi connectivity index (χ1v) is 6.95. The van der Waals surface area contributed by atoms with Gasteiger partial charge in [-0.3, -0.25) is 0 Å². The molecule has 0 saturated carbocycles. The van der Waals surface area contributed by atoms with Crippen LogP contribution in [0.4, 0.5) is 5.69 Å². The van der Waals surface area contributed by atoms with Crippen molar-refractivity contribution in [3.05, 3.63) is 40.2 Å². The van der Waals surface area contributed by atoms with Gasteiger partial charge < -0.3 is 9.32 Å². The normalized spacial score (nSPS) is 10.9. The third-order valence-corrected chi connectivity index (χ3v) is 3.29. The summed E-state index contributed by atoms with van der Waals surface area (Å²) in [6.07, 6.45) is 2.21. The summed E-state index contributed by atoms with van der Waals surface area (Å²) < 4.78 is 5.31. The van der Waals surface area contributed by atoms with Gasteiger partial charge in [-0.1, -0.05) is 13.8 Å². The van der Waals surface area contributed by atoms with E-state index in [1.54, 1.807) is 0 Å². The maximum absolute atomic E-state index is 11.5. The summed E-state index contributed by atoms with van der Waals surface area (Å²) in [7, 11) is 0. The average Bonchev–Trinajstić information content (AvgIpc) is 2.37. The van der Waals surface area contributed by atoms with Crippen molar-refractivity contribution in [3.63, 3.8) is 0 Å². The summed E-state index contributed by atoms with van der Waals surface area (Å²) in [5.74, 6) is 0. The van der Waals surface area contributed by atoms with E-state index in [0.717, 1.165) is 42.6 Å². The molecule has 0 amide bonds. The van der Waals surface area contributed by atoms with E-state index in [0.29, 0.717) is 5.58 Å². The third-order valence-electron chi connectivity index (χ3n) is 3.29. The summed E-state index contributed by atoms with van der Waals surface area (Å²) in [4.78, 5) is 13.8. The van der Waals surface area contributed by atoms with Gasteiger partial charge >= 0.3 is 5.63 Å². The number of rotatable bonds is 5. The Morgan fingerprint density at radius 1 is 1.11 bits per heavy atom. The van der Waals surface area contributed by atoms with Crippen molar-refractivity contribution in [3.8, 4) is 0 Å². The Morgan fingerprint density at radius 2 is 1.79 bits per heavy atom. The molecule has 0 N–H and O–H groups in total. The van der Waals surface area contributed by atoms with Crippen LogP contribution in [0.5, 0.6) is 0 Å². The molecular weight excluding hydrogens is 238 g/mol. The second kappa shape index (κ2) is 5.91. The molecule has 3 heteroatoms. The second-order valence-corrected chi connectivity index (χ2v) is 4.92. The lowest BCUT2D eigenvalue weighted by molar-refractivity contribution is 0.559. The number of benzene rings is 1. The minimum absolute atomic E-state index is 0.278. The molecule has 1 aromatic carbocycles. The van der Waals surface area contributed by atoms with Gasteiger partial charge in [0.15, 0.2) is 0 Å². The molecule has 0 saturated heterocycles. The van der Waals surface area contributed by atoms with Crippen LogP contribution in [-0.4, -0.2) is 13.1 Å². The summed E-state index contributed by atoms with van der Waals surface area (Å²) in [5, 5.41) is 1.01. The largest absolute Gasteiger partial charge is 0.423 e. The van der Waals surface area contributed by atoms with Crippen LogP contribution >= 0.6 is 0 Å². The Hall–Kier alpha value is -1.77. The van der Waals surface area contributed by atoms with Gasteiger partial charge in [0.1, 0.15) is 5.58 Å². The van der Waals surface area contributed by atoms with Crippen LogP contribution in [0.15, 0.2) is 33.5 Å². The van der Waals surface area contributed by atoms with Crippen LogP contribution in [0.2, 0.25) is 0 Å². The first kappa shape index (κ1) is 13.7. The zero-order chi connectivity index (χ0) is 13.8. The van der Waals surface area contributed by atoms with Gasteiger partial charge in [0.05, 0.1) is 0 Å². The van der Waals surface area contributed by atoms with E-state index in [2.05, 4.69) is 24.8 Å². The Kier molecular flexibility index (Phi) is 4.25. The number of hydrogen-bond acceptors (Lipinski definition) is 3. The lowest BCUT2D eigenvalue weighted by atomic mass is 10.1. The molecule has 2 rings (SSSR count). The topological polar surface area (TPSA) is 33.5 Å². The zero-order valence-corrected chi connectivity index (χ0v) is 11.9. The van der Waals surface area contributed by atoms with E-state index in [9.17, 15) is 4.79 Å². The van der Waals surface area contributed by atoms with Crippen molar-refractivity contribution >= 4 is 16.7 Å². The standard InChI is InChI=1S/C16H21NO2/c1-4-8-17(9-5-2)13-6-7-14-12(3)10-16(18)19-15(14)11-13/h6-7,10-11H,4-5,8-9H2,1-3H3. The molecule has 0 spiro atoms. The van der Waals surface area contributed by atoms with Gasteiger partial charge in [-0.25, -0.2) is 4.79 Å². The fourth-order valence-corrected chi connectivity index (χ4v) is 2.42. The number of hydrogen-bond donors (Lipinski definition) is 0. The fourth-order valence-electron chi connectivity index (χ4n) is 2.42. The minimum Gasteiger partial charge on any atom is -0.423 e. The molecule has 19 heavy (non-hydrogen) atoms. The van der Waals surface area contributed by atoms with E-state index in [-0.39, 0.29) is 5.63 Å². The quantitative estimate of drug-likeness (QED) is 0.767. The summed E-state index contributed by atoms with van der Waals surface area (Å²) in [6, 6.07) is 7.68. The van der Waals surface area contributed by atoms with Crippen molar-refractivity contribution in [2.75, 3.05) is 18.0 Å². The molecule has 102 valence electrons. The molecule has 0 unspecified atom stereocenters. The Bertz CT molecular complexity index is 610. The summed E-state index contributed by atoms with van der Waals surface area (Å²) in [6.45, 7) is 8.33. The molecule has 0 fully saturated rings. The third kappa shape index (κ3) is 2.98. The molecule has 0 aliphatic rings. The van der Waals surface area contributed by atoms with Crippen molar-refractivity contribution < 1.29 is 4.42 Å². The molecule has 1 heterocycles. The minimum atomic E-state index is -0.278. The van der Waals surface area contributed by atoms with Crippen LogP contribution in [0.3, 0.4) is 0 Å². The van der Waals surface area contributed by atoms with E-state index < -0.39 is 0 Å². The highest BCUT2D eigenvalue weighted by atomic mass is 16.4. The highest BCUT2D eigenvalue weighted by Gasteiger charge is 2.08. The lowest BCUT2D eigenvalue weighted by Gasteiger charge is -2.23. The number of fused-ring (bicyclic) bond motifs is 1. The van der Waals surface area contributed by atoms with Crippen molar-refractivity contribution in [2.45, 2.75) is 33.6 Å². The van der Waals surface area contributed by atoms with Gasteiger partial charge in [-0.05, 0) is 37.5 Å². The smallest absolute Gasteiger partial charge is 0.336 e. The van der Waals surface area contributed by atoms with Crippen LogP contribution in [0.25, 0.3) is 11.0 Å². The first-order valence-electron chi connectivity index (χ1n) is 6.95. The highest BCUT2D eigenvalue weighted by molar-refractivity contribution is 5.83. The molecule has 0 atom stereocenters. The fraction of sp³-hybridized carbons (Fsp3) is 0.438. The van der Waals surface area contributed by atoms with Crippen LogP contribution in [0, 0.1) is 6.92 Å². The van der Waals surface area contributed by atoms with Gasteiger partial charge in [0, 0.05) is 36.3 Å². The Balaban J connectivity index is 2.47. The number of anilines is 1. The molecule has 0 bridgehead atoms. The molecule has 3 nitrogen and oxygen atoms in total. The lowest BCUT2D eigenvalue weighted by Crippen LogP contribution is -2.24. The predicted octanol–water partition coefficient (Wildman–Crippen LogP) is 3.73. The van der Waals surface area contributed by atoms with Gasteiger partial charge in [-0.2, -0.15) is 0 Å². The summed E-state index contributed by atoms with van der Waals surface area (Å²) in [5.41, 5.74) is 2.50. The number of nitrogens with zero attached hydrogens (tertiary/aromatic N) is 1. The molecular formula is C16H21NO2. The van der Waals surface area contributed by atoms with E-state index >= 15 is 0 Å². The maximum Gasteiger partial charge on any atom is 0.336 e. The van der Waals surface area contributed by atoms with Crippen LogP contribution in [-0.2, 0) is 0 Å². The predicted molar refractivity (Wildman–Crippen MR) is 80.0 cm³/mol. The van der Waals surface area contributed by atoms with E-state index in [4.69, 9.17) is 4.42 Å². The highest BCUT2D eigenvalue weighted by Crippen LogP contribution is 2.23. The SMILES string of the molecule is CCCN(CCC)c1ccc2c(C)cc(=O)oc2c1. The van der Waals surface area contributed by atoms with Gasteiger partial charge in [0.2, 0.25) is 0 Å². The van der Waals surface area contributed by atoms with Crippen molar-refractivity contribution in [2.24, 2.45) is 0 Å². The number of aryl methyl sites for hydroxylation is 1. The monoisotopic (exact) mass is 259 g/mol. The van der Waals surface area contributed by atoms with Crippen molar-refractivity contribution in [1.29, 1.82) is 0 Å². The molecule has 0 aliphatic heterocycles. The Labute approximate surface area is 113 Å². The maximum atomic E-state index is 11.5. The van der Waals surface area contributed by atoms with Gasteiger partial charge in [0.25, 0.3) is 0 Å².